The number of nitrogens with zero attached hydrogens (tertiary/aromatic N) is 4. The minimum absolute atomic E-state index is 0. The summed E-state index contributed by atoms with van der Waals surface area (Å²) in [6, 6.07) is 36.3. The molecular weight excluding hydrogens is 1500 g/mol. The van der Waals surface area contributed by atoms with Gasteiger partial charge in [-0.2, -0.15) is 0 Å². The van der Waals surface area contributed by atoms with Crippen molar-refractivity contribution >= 4 is 123 Å². The maximum absolute atomic E-state index is 13.1. The molecule has 8 heterocycles. The summed E-state index contributed by atoms with van der Waals surface area (Å²) in [5.74, 6) is -8.56. The van der Waals surface area contributed by atoms with Crippen LogP contribution in [0.4, 0.5) is 28.4 Å². The minimum atomic E-state index is -1.48. The molecule has 4 atom stereocenters. The number of amides is 10. The van der Waals surface area contributed by atoms with Gasteiger partial charge in [-0.15, -0.1) is 0 Å². The summed E-state index contributed by atoms with van der Waals surface area (Å²) in [7, 11) is 0. The zero-order valence-electron chi connectivity index (χ0n) is 61.4. The third-order valence-electron chi connectivity index (χ3n) is 18.4. The molecule has 13 rings (SSSR count). The molecule has 10 amide bonds. The molecule has 4 aliphatic heterocycles. The number of hydrogen-bond acceptors (Lipinski definition) is 24. The number of aliphatic carboxylic acids is 3. The highest BCUT2D eigenvalue weighted by atomic mass is 16.4. The summed E-state index contributed by atoms with van der Waals surface area (Å²) < 4.78 is 21.0. The van der Waals surface area contributed by atoms with E-state index in [-0.39, 0.29) is 135 Å². The Bertz CT molecular complexity index is 4820. The highest BCUT2D eigenvalue weighted by Gasteiger charge is 2.48. The van der Waals surface area contributed by atoms with E-state index in [1.807, 2.05) is 0 Å². The highest BCUT2D eigenvalue weighted by Crippen LogP contribution is 2.37. The number of Topliss-reactive ketones (excluding diaryl/α,β-unsaturated/α-hetero) is 3. The van der Waals surface area contributed by atoms with Gasteiger partial charge in [0.15, 0.2) is 0 Å². The van der Waals surface area contributed by atoms with Gasteiger partial charge >= 0.3 is 17.9 Å². The lowest BCUT2D eigenvalue weighted by Crippen LogP contribution is -2.48. The Kier molecular flexibility index (Phi) is 29.6. The minimum Gasteiger partial charge on any atom is -0.480 e. The second-order valence-corrected chi connectivity index (χ2v) is 26.2. The van der Waals surface area contributed by atoms with Crippen molar-refractivity contribution in [2.45, 2.75) is 137 Å². The van der Waals surface area contributed by atoms with Gasteiger partial charge in [0.2, 0.25) is 11.8 Å². The zero-order valence-corrected chi connectivity index (χ0v) is 61.4. The molecule has 0 spiro atoms. The van der Waals surface area contributed by atoms with Crippen LogP contribution >= 0.6 is 0 Å². The number of furan rings is 4. The predicted octanol–water partition coefficient (Wildman–Crippen LogP) is 11.0. The van der Waals surface area contributed by atoms with Crippen LogP contribution in [0.1, 0.15) is 193 Å². The first-order valence-electron chi connectivity index (χ1n) is 35.5. The number of carbonyl (C=O) groups is 16. The number of primary amides is 1. The summed E-state index contributed by atoms with van der Waals surface area (Å²) in [5.41, 5.74) is 8.79. The third-order valence-corrected chi connectivity index (χ3v) is 18.4. The van der Waals surface area contributed by atoms with Crippen LogP contribution in [0.5, 0.6) is 0 Å². The molecule has 0 saturated heterocycles. The van der Waals surface area contributed by atoms with E-state index in [1.54, 1.807) is 127 Å². The molecule has 116 heavy (non-hydrogen) atoms. The average Bonchev–Trinajstić information content (AvgIpc) is 1.63. The monoisotopic (exact) mass is 1590 g/mol. The molecular formula is C83H84N10O23. The fraction of sp³-hybridized carbons (Fsp3) is 0.253. The van der Waals surface area contributed by atoms with Crippen LogP contribution in [0.2, 0.25) is 0 Å². The van der Waals surface area contributed by atoms with Gasteiger partial charge in [0.25, 0.3) is 47.3 Å². The van der Waals surface area contributed by atoms with Crippen molar-refractivity contribution in [2.24, 2.45) is 5.73 Å². The van der Waals surface area contributed by atoms with Gasteiger partial charge in [-0.25, -0.2) is 14.4 Å². The van der Waals surface area contributed by atoms with Crippen molar-refractivity contribution in [3.63, 3.8) is 0 Å². The van der Waals surface area contributed by atoms with Crippen LogP contribution < -0.4 is 32.3 Å². The third kappa shape index (κ3) is 20.3. The second-order valence-electron chi connectivity index (χ2n) is 26.2. The number of carboxylic acid groups (broad SMARTS) is 3. The van der Waals surface area contributed by atoms with Crippen molar-refractivity contribution in [1.82, 2.24) is 19.6 Å². The molecule has 4 unspecified atom stereocenters. The fourth-order valence-corrected chi connectivity index (χ4v) is 12.8. The van der Waals surface area contributed by atoms with Gasteiger partial charge in [-0.05, 0) is 156 Å². The fourth-order valence-electron chi connectivity index (χ4n) is 12.8. The lowest BCUT2D eigenvalue weighted by molar-refractivity contribution is -0.142. The van der Waals surface area contributed by atoms with Gasteiger partial charge in [-0.3, -0.25) is 67.5 Å². The number of para-hydroxylation sites is 1. The van der Waals surface area contributed by atoms with Crippen LogP contribution in [-0.4, -0.2) is 153 Å². The normalized spacial score (nSPS) is 13.8. The highest BCUT2D eigenvalue weighted by molar-refractivity contribution is 6.28. The van der Waals surface area contributed by atoms with E-state index in [0.29, 0.717) is 71.1 Å². The Morgan fingerprint density at radius 3 is 0.836 bits per heavy atom. The van der Waals surface area contributed by atoms with E-state index in [1.165, 1.54) is 70.1 Å². The van der Waals surface area contributed by atoms with Gasteiger partial charge in [0.05, 0.1) is 95.7 Å². The number of anilines is 5. The lowest BCUT2D eigenvalue weighted by atomic mass is 10.1. The standard InChI is InChI=1S/C24H21N3O6.C19H19N3O5.2C19H18N2O6.2CH4/c28-20(26-15-6-2-1-3-7-15)12-11-19(24(31)32)27-22(29)17-9-4-10-18(21(17)23(27)30)25-14-16-8-5-13-33-16;1-11(23)7-8-15(17(20)24)22-18(25)13-5-2-6-14(16(13)19(22)26)21-10-12-4-3-9-27-12;2*1-11(22)7-8-15(19(25)26)21-17(23)13-5-2-6-14(16(13)18(21)24)20-10-12-4-3-9-27-12;;/h1-10,13,19,25H,11-12,14H2,(H,26,28)(H,31,32);2-6,9,15,21H,7-8,10H2,1H3,(H2,20,24);2*2-6,9,15,20H,7-8,10H2,1H3,(H,25,26);2*1H4. The molecule has 0 saturated carbocycles. The van der Waals surface area contributed by atoms with E-state index >= 15 is 0 Å². The van der Waals surface area contributed by atoms with Gasteiger partial charge < -0.3 is 79.7 Å². The number of hydrogen-bond donors (Lipinski definition) is 9. The molecule has 0 fully saturated rings. The largest absolute Gasteiger partial charge is 0.480 e. The Hall–Kier alpha value is -14.7. The average molecular weight is 1590 g/mol. The number of imide groups is 4. The molecule has 4 aliphatic rings. The number of carbonyl (C=O) groups excluding carboxylic acids is 13. The predicted molar refractivity (Wildman–Crippen MR) is 417 cm³/mol. The first kappa shape index (κ1) is 86.9. The number of nitrogens with two attached hydrogens (primary N) is 1. The van der Waals surface area contributed by atoms with Crippen molar-refractivity contribution < 1.29 is 110 Å². The Morgan fingerprint density at radius 1 is 0.336 bits per heavy atom. The Labute approximate surface area is 663 Å². The Balaban J connectivity index is 0.000000193. The molecule has 33 heteroatoms. The molecule has 604 valence electrons. The summed E-state index contributed by atoms with van der Waals surface area (Å²) in [5, 5.41) is 43.6. The number of carboxylic acids is 3. The van der Waals surface area contributed by atoms with E-state index in [0.717, 1.165) is 19.6 Å². The summed E-state index contributed by atoms with van der Waals surface area (Å²) in [6.07, 6.45) is 5.46. The van der Waals surface area contributed by atoms with E-state index < -0.39 is 101 Å². The zero-order chi connectivity index (χ0) is 82.0. The summed E-state index contributed by atoms with van der Waals surface area (Å²) in [4.78, 5) is 199. The van der Waals surface area contributed by atoms with Gasteiger partial charge in [-0.1, -0.05) is 57.3 Å². The maximum atomic E-state index is 13.1. The van der Waals surface area contributed by atoms with Crippen molar-refractivity contribution in [3.8, 4) is 0 Å². The van der Waals surface area contributed by atoms with Gasteiger partial charge in [0.1, 0.15) is 64.6 Å². The van der Waals surface area contributed by atoms with Crippen molar-refractivity contribution in [1.29, 1.82) is 0 Å². The van der Waals surface area contributed by atoms with Crippen molar-refractivity contribution in [3.05, 3.63) is 244 Å². The molecule has 10 N–H and O–H groups in total. The second kappa shape index (κ2) is 39.5. The quantitative estimate of drug-likeness (QED) is 0.0173. The summed E-state index contributed by atoms with van der Waals surface area (Å²) >= 11 is 0. The van der Waals surface area contributed by atoms with Crippen LogP contribution in [-0.2, 0) is 64.5 Å². The van der Waals surface area contributed by atoms with Crippen LogP contribution in [0.3, 0.4) is 0 Å². The van der Waals surface area contributed by atoms with E-state index in [9.17, 15) is 92.0 Å². The first-order chi connectivity index (χ1) is 54.6. The molecule has 5 aromatic carbocycles. The topological polar surface area (TPSA) is 485 Å². The smallest absolute Gasteiger partial charge is 0.326 e. The summed E-state index contributed by atoms with van der Waals surface area (Å²) in [6.45, 7) is 5.25. The van der Waals surface area contributed by atoms with E-state index in [2.05, 4.69) is 26.6 Å². The number of nitrogens with one attached hydrogen (secondary N) is 5. The molecule has 0 bridgehead atoms. The molecule has 4 aromatic heterocycles. The van der Waals surface area contributed by atoms with Crippen molar-refractivity contribution in [2.75, 3.05) is 26.6 Å². The Morgan fingerprint density at radius 2 is 0.595 bits per heavy atom. The molecule has 9 aromatic rings. The van der Waals surface area contributed by atoms with Crippen LogP contribution in [0.15, 0.2) is 194 Å². The molecule has 0 aliphatic carbocycles. The van der Waals surface area contributed by atoms with Gasteiger partial charge in [0, 0.05) is 54.1 Å². The number of ketones is 3. The lowest BCUT2D eigenvalue weighted by Gasteiger charge is -2.23. The van der Waals surface area contributed by atoms with E-state index in [4.69, 9.17) is 23.4 Å². The SMILES string of the molecule is C.C.CC(=O)CCC(C(=O)O)N1C(=O)c2cccc(NCc3ccco3)c2C1=O.CC(=O)CCC(C(=O)O)N1C(=O)c2cccc(NCc3ccco3)c2C1=O.CC(=O)CCC(C(N)=O)N1C(=O)c2cccc(NCc3ccco3)c2C1=O.O=C(CCC(C(=O)O)N1C(=O)c2cccc(NCc3ccco3)c2C1=O)Nc1ccccc1. The van der Waals surface area contributed by atoms with Crippen LogP contribution in [0, 0.1) is 0 Å². The number of benzene rings is 5. The molecule has 0 radical (unpaired) electrons. The number of fused-ring (bicyclic) bond motifs is 4. The maximum Gasteiger partial charge on any atom is 0.326 e. The first-order valence-corrected chi connectivity index (χ1v) is 35.5. The molecule has 33 nitrogen and oxygen atoms in total. The van der Waals surface area contributed by atoms with Crippen LogP contribution in [0.25, 0.3) is 0 Å². The number of rotatable bonds is 33.